The van der Waals surface area contributed by atoms with Crippen LogP contribution in [0.5, 0.6) is 5.75 Å². The van der Waals surface area contributed by atoms with Gasteiger partial charge < -0.3 is 15.0 Å². The quantitative estimate of drug-likeness (QED) is 0.748. The lowest BCUT2D eigenvalue weighted by atomic mass is 10.1. The minimum atomic E-state index is 0.677. The lowest BCUT2D eigenvalue weighted by Crippen LogP contribution is -1.98. The third kappa shape index (κ3) is 4.35. The van der Waals surface area contributed by atoms with Crippen molar-refractivity contribution >= 4 is 0 Å². The zero-order valence-electron chi connectivity index (χ0n) is 11.8. The molecule has 0 fully saturated rings. The smallest absolute Gasteiger partial charge is 0.226 e. The maximum atomic E-state index is 5.46. The van der Waals surface area contributed by atoms with Crippen molar-refractivity contribution in [3.8, 4) is 5.75 Å². The zero-order chi connectivity index (χ0) is 14.2. The number of aryl methyl sites for hydroxylation is 1. The lowest BCUT2D eigenvalue weighted by Gasteiger charge is -2.00. The van der Waals surface area contributed by atoms with Crippen LogP contribution in [0.4, 0.5) is 0 Å². The lowest BCUT2D eigenvalue weighted by molar-refractivity contribution is 0.369. The molecule has 0 aliphatic carbocycles. The summed E-state index contributed by atoms with van der Waals surface area (Å²) in [6, 6.07) is 7.89. The van der Waals surface area contributed by atoms with Gasteiger partial charge in [-0.3, -0.25) is 0 Å². The average Bonchev–Trinajstić information content (AvgIpc) is 2.92. The largest absolute Gasteiger partial charge is 0.497 e. The molecule has 5 nitrogen and oxygen atoms in total. The summed E-state index contributed by atoms with van der Waals surface area (Å²) in [6.45, 7) is 0.743. The number of methoxy groups -OCH3 is 1. The van der Waals surface area contributed by atoms with Gasteiger partial charge in [0.05, 0.1) is 7.11 Å². The zero-order valence-corrected chi connectivity index (χ0v) is 11.8. The van der Waals surface area contributed by atoms with Gasteiger partial charge >= 0.3 is 0 Å². The molecule has 0 aliphatic rings. The molecule has 1 aromatic carbocycles. The van der Waals surface area contributed by atoms with Crippen molar-refractivity contribution < 1.29 is 9.26 Å². The van der Waals surface area contributed by atoms with Crippen LogP contribution < -0.4 is 10.5 Å². The molecular weight excluding hydrogens is 254 g/mol. The molecule has 0 unspecified atom stereocenters. The molecule has 0 amide bonds. The van der Waals surface area contributed by atoms with E-state index in [4.69, 9.17) is 15.0 Å². The predicted molar refractivity (Wildman–Crippen MR) is 76.7 cm³/mol. The van der Waals surface area contributed by atoms with Crippen LogP contribution in [0.1, 0.15) is 36.5 Å². The number of ether oxygens (including phenoxy) is 1. The van der Waals surface area contributed by atoms with Crippen LogP contribution in [0.3, 0.4) is 0 Å². The first-order valence-corrected chi connectivity index (χ1v) is 6.96. The minimum Gasteiger partial charge on any atom is -0.497 e. The molecule has 20 heavy (non-hydrogen) atoms. The van der Waals surface area contributed by atoms with E-state index in [1.54, 1.807) is 7.11 Å². The van der Waals surface area contributed by atoms with Gasteiger partial charge in [0.1, 0.15) is 5.75 Å². The molecule has 1 heterocycles. The summed E-state index contributed by atoms with van der Waals surface area (Å²) in [5, 5.41) is 4.01. The van der Waals surface area contributed by atoms with Crippen LogP contribution in [0, 0.1) is 0 Å². The van der Waals surface area contributed by atoms with Gasteiger partial charge in [0.2, 0.25) is 5.89 Å². The number of nitrogens with two attached hydrogens (primary N) is 1. The molecule has 1 aromatic heterocycles. The topological polar surface area (TPSA) is 74.2 Å². The van der Waals surface area contributed by atoms with Crippen molar-refractivity contribution in [3.05, 3.63) is 41.5 Å². The number of aromatic nitrogens is 2. The Morgan fingerprint density at radius 2 is 1.95 bits per heavy atom. The van der Waals surface area contributed by atoms with Crippen LogP contribution in [-0.2, 0) is 12.8 Å². The van der Waals surface area contributed by atoms with Crippen molar-refractivity contribution in [1.82, 2.24) is 10.1 Å². The second-order valence-electron chi connectivity index (χ2n) is 4.73. The van der Waals surface area contributed by atoms with Gasteiger partial charge in [-0.25, -0.2) is 0 Å². The molecule has 0 atom stereocenters. The van der Waals surface area contributed by atoms with Gasteiger partial charge in [-0.2, -0.15) is 4.98 Å². The highest BCUT2D eigenvalue weighted by molar-refractivity contribution is 5.28. The molecule has 2 aromatic rings. The summed E-state index contributed by atoms with van der Waals surface area (Å²) in [7, 11) is 1.66. The third-order valence-electron chi connectivity index (χ3n) is 3.13. The second kappa shape index (κ2) is 7.65. The summed E-state index contributed by atoms with van der Waals surface area (Å²) in [6.07, 6.45) is 4.70. The van der Waals surface area contributed by atoms with E-state index in [2.05, 4.69) is 10.1 Å². The molecule has 0 saturated heterocycles. The van der Waals surface area contributed by atoms with Crippen molar-refractivity contribution in [2.24, 2.45) is 5.73 Å². The standard InChI is InChI=1S/C15H21N3O2/c1-19-13-8-6-12(7-9-13)11-14-17-15(20-18-14)5-3-2-4-10-16/h6-9H,2-5,10-11,16H2,1H3. The SMILES string of the molecule is COc1ccc(Cc2noc(CCCCCN)n2)cc1. The summed E-state index contributed by atoms with van der Waals surface area (Å²) < 4.78 is 10.4. The fraction of sp³-hybridized carbons (Fsp3) is 0.467. The number of nitrogens with zero attached hydrogens (tertiary/aromatic N) is 2. The highest BCUT2D eigenvalue weighted by atomic mass is 16.5. The monoisotopic (exact) mass is 275 g/mol. The first-order valence-electron chi connectivity index (χ1n) is 6.96. The number of hydrogen-bond donors (Lipinski definition) is 1. The van der Waals surface area contributed by atoms with Gasteiger partial charge in [0.25, 0.3) is 0 Å². The second-order valence-corrected chi connectivity index (χ2v) is 4.73. The molecule has 2 N–H and O–H groups in total. The number of hydrogen-bond acceptors (Lipinski definition) is 5. The van der Waals surface area contributed by atoms with Gasteiger partial charge in [0, 0.05) is 12.8 Å². The van der Waals surface area contributed by atoms with E-state index in [0.29, 0.717) is 12.3 Å². The molecule has 108 valence electrons. The van der Waals surface area contributed by atoms with E-state index >= 15 is 0 Å². The van der Waals surface area contributed by atoms with E-state index in [0.717, 1.165) is 49.4 Å². The Hall–Kier alpha value is -1.88. The van der Waals surface area contributed by atoms with Crippen LogP contribution in [0.2, 0.25) is 0 Å². The molecule has 0 spiro atoms. The van der Waals surface area contributed by atoms with Crippen molar-refractivity contribution in [2.75, 3.05) is 13.7 Å². The fourth-order valence-electron chi connectivity index (χ4n) is 1.99. The van der Waals surface area contributed by atoms with E-state index in [1.165, 1.54) is 0 Å². The van der Waals surface area contributed by atoms with Gasteiger partial charge in [-0.1, -0.05) is 23.7 Å². The Kier molecular flexibility index (Phi) is 5.55. The van der Waals surface area contributed by atoms with E-state index < -0.39 is 0 Å². The van der Waals surface area contributed by atoms with Crippen LogP contribution >= 0.6 is 0 Å². The molecule has 2 rings (SSSR count). The van der Waals surface area contributed by atoms with Crippen molar-refractivity contribution in [1.29, 1.82) is 0 Å². The average molecular weight is 275 g/mol. The van der Waals surface area contributed by atoms with Crippen LogP contribution in [0.15, 0.2) is 28.8 Å². The highest BCUT2D eigenvalue weighted by Crippen LogP contribution is 2.14. The van der Waals surface area contributed by atoms with Crippen LogP contribution in [-0.4, -0.2) is 23.8 Å². The summed E-state index contributed by atoms with van der Waals surface area (Å²) >= 11 is 0. The Morgan fingerprint density at radius 3 is 2.65 bits per heavy atom. The Balaban J connectivity index is 1.85. The Bertz CT molecular complexity index is 508. The third-order valence-corrected chi connectivity index (χ3v) is 3.13. The Labute approximate surface area is 119 Å². The van der Waals surface area contributed by atoms with Crippen molar-refractivity contribution in [2.45, 2.75) is 32.1 Å². The van der Waals surface area contributed by atoms with E-state index in [-0.39, 0.29) is 0 Å². The minimum absolute atomic E-state index is 0.677. The summed E-state index contributed by atoms with van der Waals surface area (Å²) in [5.74, 6) is 2.29. The van der Waals surface area contributed by atoms with Gasteiger partial charge in [-0.05, 0) is 37.1 Å². The molecule has 0 saturated carbocycles. The van der Waals surface area contributed by atoms with Crippen LogP contribution in [0.25, 0.3) is 0 Å². The Morgan fingerprint density at radius 1 is 1.15 bits per heavy atom. The predicted octanol–water partition coefficient (Wildman–Crippen LogP) is 2.34. The maximum Gasteiger partial charge on any atom is 0.226 e. The van der Waals surface area contributed by atoms with Gasteiger partial charge in [-0.15, -0.1) is 0 Å². The number of unbranched alkanes of at least 4 members (excludes halogenated alkanes) is 2. The summed E-state index contributed by atoms with van der Waals surface area (Å²) in [5.41, 5.74) is 6.60. The number of benzene rings is 1. The van der Waals surface area contributed by atoms with Gasteiger partial charge in [0.15, 0.2) is 5.82 Å². The highest BCUT2D eigenvalue weighted by Gasteiger charge is 2.07. The molecule has 0 bridgehead atoms. The molecular formula is C15H21N3O2. The first-order chi connectivity index (χ1) is 9.81. The fourth-order valence-corrected chi connectivity index (χ4v) is 1.99. The molecule has 0 aliphatic heterocycles. The summed E-state index contributed by atoms with van der Waals surface area (Å²) in [4.78, 5) is 4.41. The van der Waals surface area contributed by atoms with E-state index in [9.17, 15) is 0 Å². The normalized spacial score (nSPS) is 10.7. The molecule has 0 radical (unpaired) electrons. The van der Waals surface area contributed by atoms with E-state index in [1.807, 2.05) is 24.3 Å². The number of rotatable bonds is 8. The van der Waals surface area contributed by atoms with Crippen molar-refractivity contribution in [3.63, 3.8) is 0 Å². The molecule has 5 heteroatoms. The first kappa shape index (κ1) is 14.5. The maximum absolute atomic E-state index is 5.46.